The van der Waals surface area contributed by atoms with Crippen LogP contribution in [0.5, 0.6) is 0 Å². The minimum Gasteiger partial charge on any atom is -0.492 e. The molecule has 0 unspecified atom stereocenters. The van der Waals surface area contributed by atoms with Crippen LogP contribution >= 0.6 is 14.1 Å². The topological polar surface area (TPSA) is 9.23 Å². The maximum absolute atomic E-state index is 5.56. The van der Waals surface area contributed by atoms with Crippen LogP contribution in [0.15, 0.2) is 0 Å². The van der Waals surface area contributed by atoms with Gasteiger partial charge in [-0.05, 0) is 6.42 Å². The standard InChI is InChI=1S/C4H9.C3H7O.Al.BrH/c1-4(2)3;1-2-3-4;;/h4H,1H2,2-3H3;2-3H2,1H3;;1H/q;-1;+2;/p-1. The van der Waals surface area contributed by atoms with Gasteiger partial charge in [0.25, 0.3) is 0 Å². The molecule has 0 spiro atoms. The number of hydrogen-bond donors (Lipinski definition) is 0. The Morgan fingerprint density at radius 2 is 2.10 bits per heavy atom. The van der Waals surface area contributed by atoms with Crippen LogP contribution in [0.1, 0.15) is 27.2 Å². The molecule has 0 bridgehead atoms. The normalized spacial score (nSPS) is 10.5. The molecule has 0 aliphatic heterocycles. The molecule has 0 aliphatic rings. The summed E-state index contributed by atoms with van der Waals surface area (Å²) in [6.07, 6.45) is 1.13. The molecule has 0 N–H and O–H groups in total. The van der Waals surface area contributed by atoms with Gasteiger partial charge in [0.15, 0.2) is 0 Å². The van der Waals surface area contributed by atoms with Crippen molar-refractivity contribution in [1.82, 2.24) is 0 Å². The molecule has 60 valence electrons. The third-order valence-corrected chi connectivity index (χ3v) is 4.98. The van der Waals surface area contributed by atoms with E-state index in [1.807, 2.05) is 0 Å². The van der Waals surface area contributed by atoms with Gasteiger partial charge in [-0.3, -0.25) is 0 Å². The van der Waals surface area contributed by atoms with E-state index in [0.717, 1.165) is 18.9 Å². The maximum Gasteiger partial charge on any atom is 0.557 e. The second kappa shape index (κ2) is 6.67. The zero-order valence-corrected chi connectivity index (χ0v) is 9.80. The Hall–Kier alpha value is 0.972. The second-order valence-electron chi connectivity index (χ2n) is 2.91. The van der Waals surface area contributed by atoms with Gasteiger partial charge >= 0.3 is 12.7 Å². The summed E-state index contributed by atoms with van der Waals surface area (Å²) in [4.78, 5) is 0. The smallest absolute Gasteiger partial charge is 0.492 e. The van der Waals surface area contributed by atoms with E-state index in [1.165, 1.54) is 5.28 Å². The first-order chi connectivity index (χ1) is 4.66. The van der Waals surface area contributed by atoms with Gasteiger partial charge in [-0.1, -0.05) is 32.0 Å². The Labute approximate surface area is 75.5 Å². The van der Waals surface area contributed by atoms with Crippen molar-refractivity contribution in [3.63, 3.8) is 0 Å². The molecule has 0 aromatic rings. The summed E-state index contributed by atoms with van der Waals surface area (Å²) in [5.74, 6) is 0.771. The van der Waals surface area contributed by atoms with E-state index < -0.39 is 12.7 Å². The Balaban J connectivity index is 3.16. The van der Waals surface area contributed by atoms with E-state index in [9.17, 15) is 0 Å². The molecule has 0 rings (SSSR count). The summed E-state index contributed by atoms with van der Waals surface area (Å²) in [5, 5.41) is 1.24. The highest BCUT2D eigenvalue weighted by atomic mass is 79.9. The largest absolute Gasteiger partial charge is 0.557 e. The van der Waals surface area contributed by atoms with Crippen LogP contribution in [0.3, 0.4) is 0 Å². The van der Waals surface area contributed by atoms with Crippen LogP contribution in [0.2, 0.25) is 5.28 Å². The van der Waals surface area contributed by atoms with Crippen LogP contribution < -0.4 is 0 Å². The van der Waals surface area contributed by atoms with E-state index in [2.05, 4.69) is 34.8 Å². The van der Waals surface area contributed by atoms with Crippen LogP contribution in [-0.4, -0.2) is 19.3 Å². The van der Waals surface area contributed by atoms with E-state index in [1.54, 1.807) is 0 Å². The van der Waals surface area contributed by atoms with Crippen molar-refractivity contribution in [3.05, 3.63) is 0 Å². The lowest BCUT2D eigenvalue weighted by Crippen LogP contribution is -2.12. The molecule has 0 atom stereocenters. The number of hydrogen-bond acceptors (Lipinski definition) is 1. The van der Waals surface area contributed by atoms with Crippen molar-refractivity contribution in [1.29, 1.82) is 0 Å². The molecule has 10 heavy (non-hydrogen) atoms. The van der Waals surface area contributed by atoms with Gasteiger partial charge in [-0.25, -0.2) is 0 Å². The first-order valence-corrected chi connectivity index (χ1v) is 8.39. The minimum atomic E-state index is -0.965. The fourth-order valence-corrected chi connectivity index (χ4v) is 4.86. The summed E-state index contributed by atoms with van der Waals surface area (Å²) in [6.45, 7) is 7.53. The quantitative estimate of drug-likeness (QED) is 0.651. The molecule has 0 heterocycles. The third kappa shape index (κ3) is 7.08. The van der Waals surface area contributed by atoms with E-state index in [4.69, 9.17) is 3.79 Å². The predicted molar refractivity (Wildman–Crippen MR) is 50.6 cm³/mol. The number of halogens is 1. The Kier molecular flexibility index (Phi) is 7.32. The van der Waals surface area contributed by atoms with Crippen molar-refractivity contribution >= 4 is 26.7 Å². The molecule has 0 radical (unpaired) electrons. The lowest BCUT2D eigenvalue weighted by Gasteiger charge is -2.07. The zero-order chi connectivity index (χ0) is 7.98. The van der Waals surface area contributed by atoms with Crippen molar-refractivity contribution in [3.8, 4) is 0 Å². The highest BCUT2D eigenvalue weighted by molar-refractivity contribution is 9.24. The molecule has 0 aromatic carbocycles. The summed E-state index contributed by atoms with van der Waals surface area (Å²) in [5.41, 5.74) is 0. The summed E-state index contributed by atoms with van der Waals surface area (Å²) >= 11 is 2.63. The predicted octanol–water partition coefficient (Wildman–Crippen LogP) is 2.95. The number of rotatable bonds is 5. The maximum atomic E-state index is 5.56. The Morgan fingerprint density at radius 1 is 1.50 bits per heavy atom. The highest BCUT2D eigenvalue weighted by Gasteiger charge is 2.17. The van der Waals surface area contributed by atoms with Gasteiger partial charge in [-0.2, -0.15) is 14.1 Å². The molecule has 0 fully saturated rings. The molecule has 3 heteroatoms. The fraction of sp³-hybridized carbons (Fsp3) is 1.00. The van der Waals surface area contributed by atoms with Crippen molar-refractivity contribution in [2.45, 2.75) is 32.5 Å². The van der Waals surface area contributed by atoms with E-state index in [-0.39, 0.29) is 0 Å². The average Bonchev–Trinajstić information content (AvgIpc) is 1.82. The molecule has 1 nitrogen and oxygen atoms in total. The van der Waals surface area contributed by atoms with Crippen LogP contribution in [0.25, 0.3) is 0 Å². The molecule has 0 aliphatic carbocycles. The monoisotopic (exact) mass is 222 g/mol. The van der Waals surface area contributed by atoms with Crippen molar-refractivity contribution < 1.29 is 3.79 Å². The van der Waals surface area contributed by atoms with Gasteiger partial charge in [0.2, 0.25) is 0 Å². The van der Waals surface area contributed by atoms with Crippen LogP contribution in [0.4, 0.5) is 0 Å². The van der Waals surface area contributed by atoms with Crippen molar-refractivity contribution in [2.75, 3.05) is 6.61 Å². The van der Waals surface area contributed by atoms with Gasteiger partial charge < -0.3 is 3.79 Å². The zero-order valence-electron chi connectivity index (χ0n) is 7.06. The molecule has 0 saturated heterocycles. The summed E-state index contributed by atoms with van der Waals surface area (Å²) in [6, 6.07) is 0. The Bertz CT molecular complexity index is 78.0. The molecular formula is C7H16AlBrO. The average molecular weight is 223 g/mol. The van der Waals surface area contributed by atoms with Gasteiger partial charge in [-0.15, -0.1) is 0 Å². The fourth-order valence-electron chi connectivity index (χ4n) is 0.684. The van der Waals surface area contributed by atoms with Crippen molar-refractivity contribution in [2.24, 2.45) is 5.92 Å². The lowest BCUT2D eigenvalue weighted by molar-refractivity contribution is 0.328. The minimum absolute atomic E-state index is 0.771. The SMILES string of the molecule is CCC[O][Al]([Br])[CH2]C(C)C. The lowest BCUT2D eigenvalue weighted by atomic mass is 10.3. The van der Waals surface area contributed by atoms with Crippen LogP contribution in [-0.2, 0) is 3.79 Å². The summed E-state index contributed by atoms with van der Waals surface area (Å²) < 4.78 is 5.56. The first-order valence-electron chi connectivity index (χ1n) is 3.92. The molecule has 0 aromatic heterocycles. The third-order valence-electron chi connectivity index (χ3n) is 1.16. The second-order valence-corrected chi connectivity index (χ2v) is 7.60. The molecule has 0 amide bonds. The first kappa shape index (κ1) is 11.0. The molecular weight excluding hydrogens is 207 g/mol. The van der Waals surface area contributed by atoms with E-state index >= 15 is 0 Å². The van der Waals surface area contributed by atoms with E-state index in [0.29, 0.717) is 0 Å². The van der Waals surface area contributed by atoms with Gasteiger partial charge in [0.05, 0.1) is 0 Å². The highest BCUT2D eigenvalue weighted by Crippen LogP contribution is 2.11. The summed E-state index contributed by atoms with van der Waals surface area (Å²) in [7, 11) is 0. The molecule has 0 saturated carbocycles. The Morgan fingerprint density at radius 3 is 2.50 bits per heavy atom. The van der Waals surface area contributed by atoms with Gasteiger partial charge in [0.1, 0.15) is 0 Å². The van der Waals surface area contributed by atoms with Crippen LogP contribution in [0, 0.1) is 5.92 Å². The van der Waals surface area contributed by atoms with Gasteiger partial charge in [0, 0.05) is 6.61 Å².